The topological polar surface area (TPSA) is 90.0 Å². The van der Waals surface area contributed by atoms with Crippen LogP contribution in [0.1, 0.15) is 20.1 Å². The van der Waals surface area contributed by atoms with Gasteiger partial charge in [-0.1, -0.05) is 0 Å². The SMILES string of the molecule is Cc1sc(C(=O)NN)cc1Cn1ncccc1=O. The number of aryl methyl sites for hydroxylation is 1. The van der Waals surface area contributed by atoms with Crippen LogP contribution in [0.2, 0.25) is 0 Å². The monoisotopic (exact) mass is 264 g/mol. The first-order valence-electron chi connectivity index (χ1n) is 5.24. The number of nitrogens with one attached hydrogen (secondary N) is 1. The van der Waals surface area contributed by atoms with Crippen LogP contribution in [0.3, 0.4) is 0 Å². The van der Waals surface area contributed by atoms with E-state index in [-0.39, 0.29) is 11.5 Å². The highest BCUT2D eigenvalue weighted by Gasteiger charge is 2.12. The summed E-state index contributed by atoms with van der Waals surface area (Å²) in [5, 5.41) is 3.97. The summed E-state index contributed by atoms with van der Waals surface area (Å²) in [7, 11) is 0. The lowest BCUT2D eigenvalue weighted by molar-refractivity contribution is 0.0957. The van der Waals surface area contributed by atoms with E-state index >= 15 is 0 Å². The van der Waals surface area contributed by atoms with E-state index in [2.05, 4.69) is 10.5 Å². The number of hydrazine groups is 1. The largest absolute Gasteiger partial charge is 0.289 e. The van der Waals surface area contributed by atoms with Crippen molar-refractivity contribution < 1.29 is 4.79 Å². The number of nitrogens with zero attached hydrogens (tertiary/aromatic N) is 2. The Bertz CT molecular complexity index is 632. The summed E-state index contributed by atoms with van der Waals surface area (Å²) in [6, 6.07) is 4.76. The minimum Gasteiger partial charge on any atom is -0.289 e. The molecule has 0 saturated heterocycles. The smallest absolute Gasteiger partial charge is 0.275 e. The second-order valence-corrected chi connectivity index (χ2v) is 4.94. The van der Waals surface area contributed by atoms with Crippen LogP contribution in [-0.2, 0) is 6.54 Å². The molecule has 94 valence electrons. The first-order valence-corrected chi connectivity index (χ1v) is 6.06. The number of aromatic nitrogens is 2. The molecule has 0 atom stereocenters. The van der Waals surface area contributed by atoms with Gasteiger partial charge in [0.25, 0.3) is 11.5 Å². The van der Waals surface area contributed by atoms with Gasteiger partial charge in [0.1, 0.15) is 0 Å². The number of hydrogen-bond donors (Lipinski definition) is 2. The number of amides is 1. The number of nitrogens with two attached hydrogens (primary N) is 1. The lowest BCUT2D eigenvalue weighted by Gasteiger charge is -2.02. The van der Waals surface area contributed by atoms with Crippen molar-refractivity contribution in [3.05, 3.63) is 50.1 Å². The number of thiophene rings is 1. The molecule has 2 aromatic rings. The molecule has 0 aliphatic heterocycles. The Labute approximate surface area is 107 Å². The van der Waals surface area contributed by atoms with Gasteiger partial charge in [0.2, 0.25) is 0 Å². The standard InChI is InChI=1S/C11H12N4O2S/c1-7-8(5-9(18-7)11(17)14-12)6-15-10(16)3-2-4-13-15/h2-5H,6,12H2,1H3,(H,14,17). The summed E-state index contributed by atoms with van der Waals surface area (Å²) in [6.45, 7) is 2.24. The molecule has 0 unspecified atom stereocenters. The van der Waals surface area contributed by atoms with Crippen molar-refractivity contribution in [2.24, 2.45) is 5.84 Å². The fraction of sp³-hybridized carbons (Fsp3) is 0.182. The van der Waals surface area contributed by atoms with E-state index in [1.54, 1.807) is 18.3 Å². The first-order chi connectivity index (χ1) is 8.61. The summed E-state index contributed by atoms with van der Waals surface area (Å²) in [5.41, 5.74) is 2.80. The second kappa shape index (κ2) is 5.11. The van der Waals surface area contributed by atoms with Gasteiger partial charge in [0, 0.05) is 17.1 Å². The molecule has 7 heteroatoms. The number of rotatable bonds is 3. The van der Waals surface area contributed by atoms with Gasteiger partial charge in [-0.15, -0.1) is 11.3 Å². The number of carbonyl (C=O) groups excluding carboxylic acids is 1. The lowest BCUT2D eigenvalue weighted by Crippen LogP contribution is -2.29. The van der Waals surface area contributed by atoms with Crippen LogP contribution < -0.4 is 16.8 Å². The van der Waals surface area contributed by atoms with Crippen molar-refractivity contribution in [3.63, 3.8) is 0 Å². The van der Waals surface area contributed by atoms with Crippen LogP contribution in [0.4, 0.5) is 0 Å². The van der Waals surface area contributed by atoms with E-state index in [4.69, 9.17) is 5.84 Å². The second-order valence-electron chi connectivity index (χ2n) is 3.69. The molecule has 1 amide bonds. The molecule has 0 fully saturated rings. The fourth-order valence-electron chi connectivity index (χ4n) is 1.53. The van der Waals surface area contributed by atoms with Crippen molar-refractivity contribution in [1.29, 1.82) is 0 Å². The van der Waals surface area contributed by atoms with E-state index in [9.17, 15) is 9.59 Å². The molecular formula is C11H12N4O2S. The highest BCUT2D eigenvalue weighted by molar-refractivity contribution is 7.14. The van der Waals surface area contributed by atoms with Gasteiger partial charge in [-0.25, -0.2) is 10.5 Å². The van der Waals surface area contributed by atoms with Crippen LogP contribution in [0, 0.1) is 6.92 Å². The Morgan fingerprint density at radius 1 is 1.61 bits per heavy atom. The van der Waals surface area contributed by atoms with Crippen molar-refractivity contribution in [1.82, 2.24) is 15.2 Å². The molecule has 6 nitrogen and oxygen atoms in total. The zero-order valence-electron chi connectivity index (χ0n) is 9.71. The van der Waals surface area contributed by atoms with E-state index in [0.29, 0.717) is 11.4 Å². The predicted molar refractivity (Wildman–Crippen MR) is 68.3 cm³/mol. The summed E-state index contributed by atoms with van der Waals surface area (Å²) in [5.74, 6) is 4.75. The molecule has 0 aromatic carbocycles. The maximum absolute atomic E-state index is 11.5. The molecule has 0 aliphatic rings. The molecule has 0 aliphatic carbocycles. The summed E-state index contributed by atoms with van der Waals surface area (Å²) in [4.78, 5) is 24.4. The average molecular weight is 264 g/mol. The third-order valence-electron chi connectivity index (χ3n) is 2.48. The predicted octanol–water partition coefficient (Wildman–Crippen LogP) is 0.265. The zero-order valence-corrected chi connectivity index (χ0v) is 10.5. The van der Waals surface area contributed by atoms with Crippen molar-refractivity contribution in [3.8, 4) is 0 Å². The highest BCUT2D eigenvalue weighted by atomic mass is 32.1. The van der Waals surface area contributed by atoms with Crippen LogP contribution in [0.15, 0.2) is 29.2 Å². The Balaban J connectivity index is 2.30. The minimum atomic E-state index is -0.331. The maximum atomic E-state index is 11.5. The van der Waals surface area contributed by atoms with E-state index in [1.807, 2.05) is 6.92 Å². The van der Waals surface area contributed by atoms with Crippen molar-refractivity contribution in [2.45, 2.75) is 13.5 Å². The van der Waals surface area contributed by atoms with Gasteiger partial charge in [-0.2, -0.15) is 5.10 Å². The molecule has 0 saturated carbocycles. The van der Waals surface area contributed by atoms with Crippen LogP contribution in [-0.4, -0.2) is 15.7 Å². The number of carbonyl (C=O) groups is 1. The maximum Gasteiger partial charge on any atom is 0.275 e. The summed E-state index contributed by atoms with van der Waals surface area (Å²) < 4.78 is 1.35. The highest BCUT2D eigenvalue weighted by Crippen LogP contribution is 2.21. The Hall–Kier alpha value is -1.99. The molecule has 0 radical (unpaired) electrons. The molecule has 2 heterocycles. The van der Waals surface area contributed by atoms with Crippen molar-refractivity contribution in [2.75, 3.05) is 0 Å². The molecule has 2 rings (SSSR count). The van der Waals surface area contributed by atoms with Gasteiger partial charge >= 0.3 is 0 Å². The molecule has 0 spiro atoms. The Morgan fingerprint density at radius 3 is 3.06 bits per heavy atom. The third-order valence-corrected chi connectivity index (χ3v) is 3.57. The first kappa shape index (κ1) is 12.5. The Kier molecular flexibility index (Phi) is 3.54. The fourth-order valence-corrected chi connectivity index (χ4v) is 2.46. The third kappa shape index (κ3) is 2.47. The number of hydrogen-bond acceptors (Lipinski definition) is 5. The van der Waals surface area contributed by atoms with Gasteiger partial charge < -0.3 is 0 Å². The lowest BCUT2D eigenvalue weighted by atomic mass is 10.2. The van der Waals surface area contributed by atoms with Crippen LogP contribution in [0.25, 0.3) is 0 Å². The van der Waals surface area contributed by atoms with E-state index in [1.165, 1.54) is 22.1 Å². The molecule has 2 aromatic heterocycles. The summed E-state index contributed by atoms with van der Waals surface area (Å²) >= 11 is 1.34. The molecule has 3 N–H and O–H groups in total. The van der Waals surface area contributed by atoms with Gasteiger partial charge in [-0.05, 0) is 24.6 Å². The number of nitrogen functional groups attached to an aromatic ring is 1. The Morgan fingerprint density at radius 2 is 2.39 bits per heavy atom. The average Bonchev–Trinajstić information content (AvgIpc) is 2.73. The van der Waals surface area contributed by atoms with Gasteiger partial charge in [0.15, 0.2) is 0 Å². The van der Waals surface area contributed by atoms with Gasteiger partial charge in [0.05, 0.1) is 11.4 Å². The summed E-state index contributed by atoms with van der Waals surface area (Å²) in [6.07, 6.45) is 1.55. The van der Waals surface area contributed by atoms with Crippen LogP contribution >= 0.6 is 11.3 Å². The van der Waals surface area contributed by atoms with Gasteiger partial charge in [-0.3, -0.25) is 15.0 Å². The quantitative estimate of drug-likeness (QED) is 0.473. The molecular weight excluding hydrogens is 252 g/mol. The molecule has 18 heavy (non-hydrogen) atoms. The van der Waals surface area contributed by atoms with Crippen LogP contribution in [0.5, 0.6) is 0 Å². The zero-order chi connectivity index (χ0) is 13.1. The van der Waals surface area contributed by atoms with E-state index < -0.39 is 0 Å². The van der Waals surface area contributed by atoms with E-state index in [0.717, 1.165) is 10.4 Å². The minimum absolute atomic E-state index is 0.173. The van der Waals surface area contributed by atoms with Crippen molar-refractivity contribution >= 4 is 17.2 Å². The normalized spacial score (nSPS) is 10.3. The molecule has 0 bridgehead atoms.